The molecule has 1 heterocycles. The SMILES string of the molecule is CCCn1cc(C2CCCCC2N)cn1. The molecule has 15 heavy (non-hydrogen) atoms. The summed E-state index contributed by atoms with van der Waals surface area (Å²) in [7, 11) is 0. The van der Waals surface area contributed by atoms with Crippen molar-refractivity contribution in [3.8, 4) is 0 Å². The maximum Gasteiger partial charge on any atom is 0.0525 e. The molecule has 3 nitrogen and oxygen atoms in total. The minimum Gasteiger partial charge on any atom is -0.327 e. The molecule has 0 saturated heterocycles. The second kappa shape index (κ2) is 4.79. The van der Waals surface area contributed by atoms with Gasteiger partial charge in [0.2, 0.25) is 0 Å². The molecule has 2 N–H and O–H groups in total. The topological polar surface area (TPSA) is 43.8 Å². The highest BCUT2D eigenvalue weighted by molar-refractivity contribution is 5.14. The van der Waals surface area contributed by atoms with Crippen LogP contribution in [0.2, 0.25) is 0 Å². The highest BCUT2D eigenvalue weighted by Crippen LogP contribution is 2.31. The van der Waals surface area contributed by atoms with Crippen LogP contribution in [0.15, 0.2) is 12.4 Å². The molecule has 84 valence electrons. The van der Waals surface area contributed by atoms with Gasteiger partial charge in [-0.25, -0.2) is 0 Å². The molecule has 2 unspecified atom stereocenters. The van der Waals surface area contributed by atoms with Gasteiger partial charge in [0.05, 0.1) is 6.20 Å². The van der Waals surface area contributed by atoms with E-state index in [0.29, 0.717) is 12.0 Å². The molecular formula is C12H21N3. The van der Waals surface area contributed by atoms with Gasteiger partial charge in [0, 0.05) is 24.7 Å². The average Bonchev–Trinajstić information content (AvgIpc) is 2.68. The minimum atomic E-state index is 0.345. The molecule has 1 aromatic heterocycles. The third-order valence-electron chi connectivity index (χ3n) is 3.35. The molecule has 0 radical (unpaired) electrons. The molecule has 0 amide bonds. The Hall–Kier alpha value is -0.830. The van der Waals surface area contributed by atoms with E-state index >= 15 is 0 Å². The van der Waals surface area contributed by atoms with E-state index in [1.165, 1.54) is 31.2 Å². The largest absolute Gasteiger partial charge is 0.327 e. The van der Waals surface area contributed by atoms with E-state index in [1.807, 2.05) is 10.9 Å². The first-order valence-electron chi connectivity index (χ1n) is 6.09. The molecule has 1 saturated carbocycles. The monoisotopic (exact) mass is 207 g/mol. The lowest BCUT2D eigenvalue weighted by Crippen LogP contribution is -2.31. The summed E-state index contributed by atoms with van der Waals surface area (Å²) < 4.78 is 2.04. The molecule has 3 heteroatoms. The molecule has 2 rings (SSSR count). The van der Waals surface area contributed by atoms with Crippen molar-refractivity contribution in [1.29, 1.82) is 0 Å². The molecule has 1 aliphatic carbocycles. The zero-order chi connectivity index (χ0) is 10.7. The summed E-state index contributed by atoms with van der Waals surface area (Å²) in [6.07, 6.45) is 10.3. The van der Waals surface area contributed by atoms with Crippen LogP contribution in [0.1, 0.15) is 50.5 Å². The van der Waals surface area contributed by atoms with E-state index in [4.69, 9.17) is 5.73 Å². The maximum atomic E-state index is 6.16. The highest BCUT2D eigenvalue weighted by Gasteiger charge is 2.24. The summed E-state index contributed by atoms with van der Waals surface area (Å²) in [5.41, 5.74) is 7.50. The van der Waals surface area contributed by atoms with Gasteiger partial charge >= 0.3 is 0 Å². The number of hydrogen-bond donors (Lipinski definition) is 1. The Morgan fingerprint density at radius 2 is 2.27 bits per heavy atom. The predicted octanol–water partition coefficient (Wildman–Crippen LogP) is 2.28. The van der Waals surface area contributed by atoms with Gasteiger partial charge in [-0.1, -0.05) is 19.8 Å². The van der Waals surface area contributed by atoms with E-state index < -0.39 is 0 Å². The van der Waals surface area contributed by atoms with Gasteiger partial charge in [-0.3, -0.25) is 4.68 Å². The van der Waals surface area contributed by atoms with Gasteiger partial charge in [-0.15, -0.1) is 0 Å². The number of hydrogen-bond acceptors (Lipinski definition) is 2. The molecule has 0 aliphatic heterocycles. The van der Waals surface area contributed by atoms with E-state index in [1.54, 1.807) is 0 Å². The summed E-state index contributed by atoms with van der Waals surface area (Å²) in [5.74, 6) is 0.546. The normalized spacial score (nSPS) is 26.8. The summed E-state index contributed by atoms with van der Waals surface area (Å²) in [4.78, 5) is 0. The lowest BCUT2D eigenvalue weighted by Gasteiger charge is -2.27. The van der Waals surface area contributed by atoms with Gasteiger partial charge in [-0.2, -0.15) is 5.10 Å². The molecule has 1 aromatic rings. The highest BCUT2D eigenvalue weighted by atomic mass is 15.3. The zero-order valence-electron chi connectivity index (χ0n) is 9.52. The van der Waals surface area contributed by atoms with Crippen molar-refractivity contribution in [1.82, 2.24) is 9.78 Å². The molecular weight excluding hydrogens is 186 g/mol. The van der Waals surface area contributed by atoms with Crippen molar-refractivity contribution < 1.29 is 0 Å². The smallest absolute Gasteiger partial charge is 0.0525 e. The van der Waals surface area contributed by atoms with Crippen molar-refractivity contribution in [2.75, 3.05) is 0 Å². The van der Waals surface area contributed by atoms with Crippen molar-refractivity contribution in [3.05, 3.63) is 18.0 Å². The van der Waals surface area contributed by atoms with Crippen LogP contribution in [0.25, 0.3) is 0 Å². The van der Waals surface area contributed by atoms with Crippen LogP contribution in [0, 0.1) is 0 Å². The van der Waals surface area contributed by atoms with Crippen molar-refractivity contribution in [2.45, 2.75) is 57.5 Å². The van der Waals surface area contributed by atoms with Crippen LogP contribution in [-0.2, 0) is 6.54 Å². The lowest BCUT2D eigenvalue weighted by atomic mass is 9.82. The van der Waals surface area contributed by atoms with Crippen LogP contribution in [0.3, 0.4) is 0 Å². The van der Waals surface area contributed by atoms with Gasteiger partial charge in [0.25, 0.3) is 0 Å². The molecule has 0 aromatic carbocycles. The van der Waals surface area contributed by atoms with Gasteiger partial charge in [-0.05, 0) is 24.8 Å². The second-order valence-electron chi connectivity index (χ2n) is 4.59. The quantitative estimate of drug-likeness (QED) is 0.826. The predicted molar refractivity (Wildman–Crippen MR) is 61.7 cm³/mol. The van der Waals surface area contributed by atoms with Crippen molar-refractivity contribution in [2.24, 2.45) is 5.73 Å². The van der Waals surface area contributed by atoms with Gasteiger partial charge in [0.15, 0.2) is 0 Å². The summed E-state index contributed by atoms with van der Waals surface area (Å²) in [6, 6.07) is 0.345. The van der Waals surface area contributed by atoms with E-state index in [2.05, 4.69) is 18.2 Å². The molecule has 0 bridgehead atoms. The fourth-order valence-corrected chi connectivity index (χ4v) is 2.50. The van der Waals surface area contributed by atoms with Crippen molar-refractivity contribution >= 4 is 0 Å². The Balaban J connectivity index is 2.06. The number of aromatic nitrogens is 2. The van der Waals surface area contributed by atoms with E-state index in [9.17, 15) is 0 Å². The Kier molecular flexibility index (Phi) is 3.41. The first-order chi connectivity index (χ1) is 7.31. The number of nitrogens with two attached hydrogens (primary N) is 1. The van der Waals surface area contributed by atoms with Crippen LogP contribution in [0.5, 0.6) is 0 Å². The molecule has 2 atom stereocenters. The second-order valence-corrected chi connectivity index (χ2v) is 4.59. The standard InChI is InChI=1S/C12H21N3/c1-2-7-15-9-10(8-14-15)11-5-3-4-6-12(11)13/h8-9,11-12H,2-7,13H2,1H3. The average molecular weight is 207 g/mol. The third-order valence-corrected chi connectivity index (χ3v) is 3.35. The van der Waals surface area contributed by atoms with Crippen LogP contribution >= 0.6 is 0 Å². The zero-order valence-corrected chi connectivity index (χ0v) is 9.52. The first kappa shape index (κ1) is 10.7. The number of rotatable bonds is 3. The fourth-order valence-electron chi connectivity index (χ4n) is 2.50. The molecule has 1 fully saturated rings. The Morgan fingerprint density at radius 1 is 1.47 bits per heavy atom. The maximum absolute atomic E-state index is 6.16. The Labute approximate surface area is 91.7 Å². The van der Waals surface area contributed by atoms with Gasteiger partial charge in [0.1, 0.15) is 0 Å². The fraction of sp³-hybridized carbons (Fsp3) is 0.750. The number of nitrogens with zero attached hydrogens (tertiary/aromatic N) is 2. The van der Waals surface area contributed by atoms with E-state index in [0.717, 1.165) is 13.0 Å². The van der Waals surface area contributed by atoms with Crippen LogP contribution in [0.4, 0.5) is 0 Å². The van der Waals surface area contributed by atoms with Crippen molar-refractivity contribution in [3.63, 3.8) is 0 Å². The lowest BCUT2D eigenvalue weighted by molar-refractivity contribution is 0.385. The first-order valence-corrected chi connectivity index (χ1v) is 6.09. The van der Waals surface area contributed by atoms with Gasteiger partial charge < -0.3 is 5.73 Å². The minimum absolute atomic E-state index is 0.345. The Bertz CT molecular complexity index is 306. The third kappa shape index (κ3) is 2.40. The summed E-state index contributed by atoms with van der Waals surface area (Å²) in [6.45, 7) is 3.19. The summed E-state index contributed by atoms with van der Waals surface area (Å²) in [5, 5.41) is 4.38. The molecule has 0 spiro atoms. The van der Waals surface area contributed by atoms with Crippen LogP contribution < -0.4 is 5.73 Å². The molecule has 1 aliphatic rings. The Morgan fingerprint density at radius 3 is 3.00 bits per heavy atom. The van der Waals surface area contributed by atoms with Crippen LogP contribution in [-0.4, -0.2) is 15.8 Å². The van der Waals surface area contributed by atoms with E-state index in [-0.39, 0.29) is 0 Å². The summed E-state index contributed by atoms with van der Waals surface area (Å²) >= 11 is 0. The number of aryl methyl sites for hydroxylation is 1.